The van der Waals surface area contributed by atoms with Gasteiger partial charge in [-0.05, 0) is 9.85 Å². The molecule has 0 aliphatic heterocycles. The van der Waals surface area contributed by atoms with Gasteiger partial charge in [-0.15, -0.1) is 0 Å². The van der Waals surface area contributed by atoms with E-state index in [1.807, 2.05) is 0 Å². The molecule has 74 valence electrons. The second kappa shape index (κ2) is 4.32. The second-order valence-electron chi connectivity index (χ2n) is 2.36. The fourth-order valence-corrected chi connectivity index (χ4v) is 1.03. The van der Waals surface area contributed by atoms with Crippen LogP contribution in [0.15, 0.2) is 0 Å². The van der Waals surface area contributed by atoms with Crippen LogP contribution in [0.1, 0.15) is 0 Å². The number of fused-ring (bicyclic) bond motifs is 1. The molecule has 0 aliphatic rings. The van der Waals surface area contributed by atoms with Crippen molar-refractivity contribution in [2.45, 2.75) is 0 Å². The van der Waals surface area contributed by atoms with Gasteiger partial charge >= 0.3 is 63.0 Å². The van der Waals surface area contributed by atoms with Gasteiger partial charge in [0.2, 0.25) is 11.0 Å². The molecule has 0 radical (unpaired) electrons. The molecule has 0 aliphatic carbocycles. The summed E-state index contributed by atoms with van der Waals surface area (Å²) in [6.07, 6.45) is 0. The Hall–Kier alpha value is -0.884. The summed E-state index contributed by atoms with van der Waals surface area (Å²) < 4.78 is 0. The first-order valence-corrected chi connectivity index (χ1v) is 3.32. The number of nitro groups is 2. The van der Waals surface area contributed by atoms with E-state index in [1.54, 1.807) is 0 Å². The van der Waals surface area contributed by atoms with Crippen LogP contribution in [0.25, 0.3) is 11.0 Å². The predicted molar refractivity (Wildman–Crippen MR) is 48.7 cm³/mol. The van der Waals surface area contributed by atoms with Gasteiger partial charge in [-0.25, -0.2) is 0 Å². The van der Waals surface area contributed by atoms with Crippen LogP contribution in [-0.2, 0) is 0 Å². The molecule has 2 rings (SSSR count). The predicted octanol–water partition coefficient (Wildman–Crippen LogP) is -0.546. The van der Waals surface area contributed by atoms with Crippen molar-refractivity contribution in [2.24, 2.45) is 0 Å². The first-order chi connectivity index (χ1) is 6.61. The molecule has 0 atom stereocenters. The van der Waals surface area contributed by atoms with Crippen LogP contribution in [0.4, 0.5) is 11.6 Å². The zero-order valence-corrected chi connectivity index (χ0v) is 6.42. The van der Waals surface area contributed by atoms with E-state index in [9.17, 15) is 20.2 Å². The van der Waals surface area contributed by atoms with Gasteiger partial charge in [0.25, 0.3) is 0 Å². The Kier molecular flexibility index (Phi) is 3.51. The van der Waals surface area contributed by atoms with Crippen LogP contribution in [0.3, 0.4) is 0 Å². The van der Waals surface area contributed by atoms with Gasteiger partial charge in [0.15, 0.2) is 0 Å². The molecule has 2 heterocycles. The van der Waals surface area contributed by atoms with Crippen molar-refractivity contribution in [3.63, 3.8) is 0 Å². The fourth-order valence-electron chi connectivity index (χ4n) is 1.03. The minimum atomic E-state index is -0.763. The molecule has 2 aromatic rings. The first kappa shape index (κ1) is 12.2. The summed E-state index contributed by atoms with van der Waals surface area (Å²) >= 11 is 0. The van der Waals surface area contributed by atoms with Gasteiger partial charge < -0.3 is 20.2 Å². The molecule has 0 fully saturated rings. The SMILES string of the molecule is O=[N+]([O-])c1n[nH]c2c([N+](=O)[O-])n[nH]c12.[KH]. The molecule has 0 saturated heterocycles. The normalized spacial score (nSPS) is 9.87. The second-order valence-corrected chi connectivity index (χ2v) is 2.36. The number of aromatic nitrogens is 4. The number of nitrogens with one attached hydrogen (secondary N) is 2. The zero-order chi connectivity index (χ0) is 10.3. The number of rotatable bonds is 2. The van der Waals surface area contributed by atoms with E-state index >= 15 is 0 Å². The Balaban J connectivity index is 0.00000112. The monoisotopic (exact) mass is 238 g/mol. The molecule has 2 aromatic heterocycles. The zero-order valence-electron chi connectivity index (χ0n) is 6.42. The van der Waals surface area contributed by atoms with E-state index in [2.05, 4.69) is 20.4 Å². The molecule has 2 N–H and O–H groups in total. The topological polar surface area (TPSA) is 144 Å². The van der Waals surface area contributed by atoms with Crippen molar-refractivity contribution in [1.29, 1.82) is 0 Å². The van der Waals surface area contributed by atoms with Crippen molar-refractivity contribution >= 4 is 74.1 Å². The van der Waals surface area contributed by atoms with Crippen molar-refractivity contribution in [1.82, 2.24) is 20.4 Å². The number of nitrogens with zero attached hydrogens (tertiary/aromatic N) is 4. The Morgan fingerprint density at radius 2 is 1.27 bits per heavy atom. The third kappa shape index (κ3) is 1.91. The molecule has 0 aromatic carbocycles. The van der Waals surface area contributed by atoms with Crippen molar-refractivity contribution in [3.05, 3.63) is 20.2 Å². The van der Waals surface area contributed by atoms with Crippen LogP contribution in [0.2, 0.25) is 0 Å². The van der Waals surface area contributed by atoms with Crippen molar-refractivity contribution in [3.8, 4) is 0 Å². The molecule has 10 nitrogen and oxygen atoms in total. The van der Waals surface area contributed by atoms with Gasteiger partial charge in [-0.1, -0.05) is 0 Å². The van der Waals surface area contributed by atoms with Gasteiger partial charge in [0.1, 0.15) is 0 Å². The van der Waals surface area contributed by atoms with Gasteiger partial charge in [0.05, 0.1) is 10.2 Å². The Morgan fingerprint density at radius 3 is 1.53 bits per heavy atom. The third-order valence-electron chi connectivity index (χ3n) is 1.59. The van der Waals surface area contributed by atoms with Crippen molar-refractivity contribution < 1.29 is 9.85 Å². The van der Waals surface area contributed by atoms with E-state index in [0.29, 0.717) is 0 Å². The fraction of sp³-hybridized carbons (Fsp3) is 0. The summed E-state index contributed by atoms with van der Waals surface area (Å²) in [6.45, 7) is 0. The third-order valence-corrected chi connectivity index (χ3v) is 1.59. The summed E-state index contributed by atoms with van der Waals surface area (Å²) in [5, 5.41) is 31.7. The molecule has 0 unspecified atom stereocenters. The first-order valence-electron chi connectivity index (χ1n) is 3.32. The quantitative estimate of drug-likeness (QED) is 0.408. The van der Waals surface area contributed by atoms with Crippen LogP contribution < -0.4 is 0 Å². The number of H-pyrrole nitrogens is 2. The summed E-state index contributed by atoms with van der Waals surface area (Å²) in [4.78, 5) is 19.2. The average Bonchev–Trinajstić information content (AvgIpc) is 2.59. The summed E-state index contributed by atoms with van der Waals surface area (Å²) in [5.74, 6) is -1.03. The maximum absolute atomic E-state index is 10.4. The van der Waals surface area contributed by atoms with Gasteiger partial charge in [0, 0.05) is 0 Å². The summed E-state index contributed by atoms with van der Waals surface area (Å²) in [7, 11) is 0. The van der Waals surface area contributed by atoms with E-state index < -0.39 is 21.5 Å². The van der Waals surface area contributed by atoms with E-state index in [1.165, 1.54) is 0 Å². The molecule has 15 heavy (non-hydrogen) atoms. The van der Waals surface area contributed by atoms with Crippen LogP contribution in [-0.4, -0.2) is 81.6 Å². The van der Waals surface area contributed by atoms with E-state index in [0.717, 1.165) is 0 Å². The molecular formula is C4H3KN6O4. The van der Waals surface area contributed by atoms with Crippen molar-refractivity contribution in [2.75, 3.05) is 0 Å². The summed E-state index contributed by atoms with van der Waals surface area (Å²) in [6, 6.07) is 0. The van der Waals surface area contributed by atoms with Gasteiger partial charge in [-0.3, -0.25) is 0 Å². The molecule has 0 spiro atoms. The van der Waals surface area contributed by atoms with Gasteiger partial charge in [-0.2, -0.15) is 10.2 Å². The standard InChI is InChI=1S/C4H2N6O4.K.H/c11-9(12)3-1-2(6-7-3)4(8-5-1)10(13)14;;/h(H,5,8)(H,6,7);;. The number of hydrogen-bond donors (Lipinski definition) is 2. The molecule has 0 amide bonds. The molecule has 0 bridgehead atoms. The number of aromatic amines is 2. The summed E-state index contributed by atoms with van der Waals surface area (Å²) in [5.41, 5.74) is -0.164. The van der Waals surface area contributed by atoms with Crippen LogP contribution in [0.5, 0.6) is 0 Å². The number of hydrogen-bond acceptors (Lipinski definition) is 6. The van der Waals surface area contributed by atoms with E-state index in [-0.39, 0.29) is 62.4 Å². The Labute approximate surface area is 123 Å². The van der Waals surface area contributed by atoms with Crippen LogP contribution in [0, 0.1) is 20.2 Å². The average molecular weight is 238 g/mol. The maximum atomic E-state index is 10.4. The molecule has 0 saturated carbocycles. The molecular weight excluding hydrogens is 235 g/mol. The van der Waals surface area contributed by atoms with Crippen LogP contribution >= 0.6 is 0 Å². The van der Waals surface area contributed by atoms with E-state index in [4.69, 9.17) is 0 Å². The minimum absolute atomic E-state index is 0. The Morgan fingerprint density at radius 1 is 0.933 bits per heavy atom. The molecule has 11 heteroatoms. The Bertz CT molecular complexity index is 482.